The standard InChI is InChI=1S/C8H11NO2/c1-6(2)8(3)4-7(10)11-9-5-8/h4-5,10H,1H2,2-3H3. The number of aliphatic hydroxyl groups is 1. The van der Waals surface area contributed by atoms with Crippen molar-refractivity contribution in [3.63, 3.8) is 0 Å². The molecule has 0 radical (unpaired) electrons. The molecule has 0 saturated heterocycles. The first kappa shape index (κ1) is 7.85. The highest BCUT2D eigenvalue weighted by Crippen LogP contribution is 2.28. The SMILES string of the molecule is C=C(C)C1(C)C=NOC(O)=C1. The van der Waals surface area contributed by atoms with Crippen LogP contribution in [0.25, 0.3) is 0 Å². The molecular formula is C8H11NO2. The highest BCUT2D eigenvalue weighted by atomic mass is 16.7. The molecule has 1 unspecified atom stereocenters. The largest absolute Gasteiger partial charge is 0.480 e. The minimum Gasteiger partial charge on any atom is -0.480 e. The normalized spacial score (nSPS) is 29.1. The fourth-order valence-electron chi connectivity index (χ4n) is 0.743. The van der Waals surface area contributed by atoms with Crippen molar-refractivity contribution >= 4 is 6.21 Å². The zero-order valence-electron chi connectivity index (χ0n) is 6.66. The molecule has 0 amide bonds. The van der Waals surface area contributed by atoms with Gasteiger partial charge in [0.1, 0.15) is 0 Å². The molecule has 1 aliphatic heterocycles. The van der Waals surface area contributed by atoms with Gasteiger partial charge in [-0.15, -0.1) is 0 Å². The number of oxime groups is 1. The molecule has 0 aliphatic carbocycles. The van der Waals surface area contributed by atoms with E-state index < -0.39 is 0 Å². The lowest BCUT2D eigenvalue weighted by Gasteiger charge is -2.22. The van der Waals surface area contributed by atoms with Gasteiger partial charge in [0.25, 0.3) is 0 Å². The lowest BCUT2D eigenvalue weighted by atomic mass is 9.85. The third-order valence-corrected chi connectivity index (χ3v) is 1.81. The summed E-state index contributed by atoms with van der Waals surface area (Å²) in [7, 11) is 0. The van der Waals surface area contributed by atoms with Crippen molar-refractivity contribution in [1.82, 2.24) is 0 Å². The Morgan fingerprint density at radius 1 is 1.82 bits per heavy atom. The van der Waals surface area contributed by atoms with Gasteiger partial charge in [-0.1, -0.05) is 17.3 Å². The number of allylic oxidation sites excluding steroid dienone is 2. The molecule has 11 heavy (non-hydrogen) atoms. The number of rotatable bonds is 1. The third kappa shape index (κ3) is 1.42. The predicted molar refractivity (Wildman–Crippen MR) is 43.2 cm³/mol. The van der Waals surface area contributed by atoms with Crippen molar-refractivity contribution in [3.05, 3.63) is 24.2 Å². The quantitative estimate of drug-likeness (QED) is 0.585. The highest BCUT2D eigenvalue weighted by molar-refractivity contribution is 5.72. The van der Waals surface area contributed by atoms with Gasteiger partial charge in [-0.3, -0.25) is 0 Å². The van der Waals surface area contributed by atoms with Gasteiger partial charge in [0.15, 0.2) is 0 Å². The van der Waals surface area contributed by atoms with Crippen LogP contribution in [0, 0.1) is 5.41 Å². The molecule has 0 saturated carbocycles. The van der Waals surface area contributed by atoms with Crippen LogP contribution in [0.15, 0.2) is 29.3 Å². The summed E-state index contributed by atoms with van der Waals surface area (Å²) in [6.07, 6.45) is 3.18. The Morgan fingerprint density at radius 2 is 2.45 bits per heavy atom. The van der Waals surface area contributed by atoms with E-state index in [4.69, 9.17) is 5.11 Å². The van der Waals surface area contributed by atoms with Crippen LogP contribution >= 0.6 is 0 Å². The first-order valence-electron chi connectivity index (χ1n) is 3.34. The van der Waals surface area contributed by atoms with Crippen molar-refractivity contribution in [2.45, 2.75) is 13.8 Å². The van der Waals surface area contributed by atoms with Gasteiger partial charge in [0, 0.05) is 6.08 Å². The average Bonchev–Trinajstić information content (AvgIpc) is 1.86. The molecular weight excluding hydrogens is 142 g/mol. The molecule has 0 spiro atoms. The number of hydrogen-bond acceptors (Lipinski definition) is 3. The topological polar surface area (TPSA) is 41.8 Å². The van der Waals surface area contributed by atoms with Crippen molar-refractivity contribution in [2.24, 2.45) is 10.6 Å². The smallest absolute Gasteiger partial charge is 0.304 e. The summed E-state index contributed by atoms with van der Waals surface area (Å²) in [5.41, 5.74) is 0.540. The lowest BCUT2D eigenvalue weighted by molar-refractivity contribution is 0.0896. The monoisotopic (exact) mass is 153 g/mol. The summed E-state index contributed by atoms with van der Waals surface area (Å²) in [5, 5.41) is 12.5. The molecule has 3 heteroatoms. The van der Waals surface area contributed by atoms with Crippen molar-refractivity contribution in [1.29, 1.82) is 0 Å². The van der Waals surface area contributed by atoms with E-state index in [2.05, 4.69) is 16.6 Å². The zero-order chi connectivity index (χ0) is 8.48. The average molecular weight is 153 g/mol. The molecule has 1 rings (SSSR count). The van der Waals surface area contributed by atoms with Crippen LogP contribution in [-0.2, 0) is 4.84 Å². The second kappa shape index (κ2) is 2.42. The molecule has 0 aromatic carbocycles. The molecule has 0 bridgehead atoms. The van der Waals surface area contributed by atoms with Crippen molar-refractivity contribution in [3.8, 4) is 0 Å². The summed E-state index contributed by atoms with van der Waals surface area (Å²) < 4.78 is 0. The van der Waals surface area contributed by atoms with E-state index in [0.717, 1.165) is 5.57 Å². The maximum atomic E-state index is 8.98. The van der Waals surface area contributed by atoms with Crippen molar-refractivity contribution in [2.75, 3.05) is 0 Å². The van der Waals surface area contributed by atoms with Gasteiger partial charge < -0.3 is 9.94 Å². The van der Waals surface area contributed by atoms with Crippen LogP contribution in [0.1, 0.15) is 13.8 Å². The van der Waals surface area contributed by atoms with E-state index in [1.807, 2.05) is 13.8 Å². The van der Waals surface area contributed by atoms with Gasteiger partial charge in [0.05, 0.1) is 11.6 Å². The second-order valence-corrected chi connectivity index (χ2v) is 2.87. The summed E-state index contributed by atoms with van der Waals surface area (Å²) in [6.45, 7) is 7.56. The number of hydrogen-bond donors (Lipinski definition) is 1. The highest BCUT2D eigenvalue weighted by Gasteiger charge is 2.25. The van der Waals surface area contributed by atoms with E-state index in [1.165, 1.54) is 0 Å². The van der Waals surface area contributed by atoms with Crippen LogP contribution in [0.3, 0.4) is 0 Å². The van der Waals surface area contributed by atoms with Crippen LogP contribution in [-0.4, -0.2) is 11.3 Å². The van der Waals surface area contributed by atoms with E-state index in [0.29, 0.717) is 0 Å². The summed E-state index contributed by atoms with van der Waals surface area (Å²) in [5.74, 6) is -0.169. The van der Waals surface area contributed by atoms with Crippen molar-refractivity contribution < 1.29 is 9.94 Å². The maximum absolute atomic E-state index is 8.98. The lowest BCUT2D eigenvalue weighted by Crippen LogP contribution is -2.20. The van der Waals surface area contributed by atoms with Gasteiger partial charge in [-0.25, -0.2) is 0 Å². The molecule has 1 aliphatic rings. The van der Waals surface area contributed by atoms with Gasteiger partial charge in [0.2, 0.25) is 0 Å². The van der Waals surface area contributed by atoms with Crippen LogP contribution in [0.2, 0.25) is 0 Å². The van der Waals surface area contributed by atoms with E-state index in [-0.39, 0.29) is 11.4 Å². The van der Waals surface area contributed by atoms with Gasteiger partial charge in [-0.05, 0) is 13.8 Å². The maximum Gasteiger partial charge on any atom is 0.304 e. The summed E-state index contributed by atoms with van der Waals surface area (Å²) >= 11 is 0. The predicted octanol–water partition coefficient (Wildman–Crippen LogP) is 1.98. The van der Waals surface area contributed by atoms with Gasteiger partial charge in [-0.2, -0.15) is 0 Å². The fourth-order valence-corrected chi connectivity index (χ4v) is 0.743. The molecule has 0 aromatic rings. The molecule has 1 atom stereocenters. The Kier molecular flexibility index (Phi) is 1.72. The molecule has 0 aromatic heterocycles. The minimum absolute atomic E-state index is 0.169. The Balaban J connectivity index is 2.94. The van der Waals surface area contributed by atoms with Gasteiger partial charge >= 0.3 is 5.95 Å². The third-order valence-electron chi connectivity index (χ3n) is 1.81. The Morgan fingerprint density at radius 3 is 2.82 bits per heavy atom. The Bertz CT molecular complexity index is 242. The molecule has 1 N–H and O–H groups in total. The van der Waals surface area contributed by atoms with Crippen LogP contribution < -0.4 is 0 Å². The summed E-state index contributed by atoms with van der Waals surface area (Å²) in [4.78, 5) is 4.47. The first-order chi connectivity index (χ1) is 5.04. The number of aliphatic hydroxyl groups excluding tert-OH is 1. The first-order valence-corrected chi connectivity index (χ1v) is 3.34. The molecule has 0 fully saturated rings. The number of nitrogens with zero attached hydrogens (tertiary/aromatic N) is 1. The van der Waals surface area contributed by atoms with Crippen LogP contribution in [0.5, 0.6) is 0 Å². The fraction of sp³-hybridized carbons (Fsp3) is 0.375. The van der Waals surface area contributed by atoms with E-state index in [1.54, 1.807) is 12.3 Å². The minimum atomic E-state index is -0.373. The summed E-state index contributed by atoms with van der Waals surface area (Å²) in [6, 6.07) is 0. The Labute approximate surface area is 65.7 Å². The molecule has 1 heterocycles. The molecule has 60 valence electrons. The van der Waals surface area contributed by atoms with E-state index >= 15 is 0 Å². The zero-order valence-corrected chi connectivity index (χ0v) is 6.66. The van der Waals surface area contributed by atoms with Crippen LogP contribution in [0.4, 0.5) is 0 Å². The van der Waals surface area contributed by atoms with E-state index in [9.17, 15) is 0 Å². The second-order valence-electron chi connectivity index (χ2n) is 2.87. The molecule has 3 nitrogen and oxygen atoms in total. The Hall–Kier alpha value is -1.25.